The number of fused-ring (bicyclic) bond motifs is 1. The third-order valence-corrected chi connectivity index (χ3v) is 6.84. The smallest absolute Gasteiger partial charge is 0.163 e. The maximum atomic E-state index is 11.9. The van der Waals surface area contributed by atoms with E-state index in [0.29, 0.717) is 18.3 Å². The topological polar surface area (TPSA) is 57.5 Å². The van der Waals surface area contributed by atoms with Crippen LogP contribution >= 0.6 is 0 Å². The van der Waals surface area contributed by atoms with Crippen LogP contribution in [0.4, 0.5) is 0 Å². The molecule has 154 valence electrons. The first-order valence-electron chi connectivity index (χ1n) is 11.0. The second kappa shape index (κ2) is 8.92. The van der Waals surface area contributed by atoms with Crippen LogP contribution in [0.5, 0.6) is 0 Å². The zero-order valence-corrected chi connectivity index (χ0v) is 17.5. The van der Waals surface area contributed by atoms with Gasteiger partial charge in [-0.25, -0.2) is 0 Å². The Labute approximate surface area is 169 Å². The summed E-state index contributed by atoms with van der Waals surface area (Å²) in [5.41, 5.74) is 3.96. The Bertz CT molecular complexity index is 702. The first-order chi connectivity index (χ1) is 13.3. The van der Waals surface area contributed by atoms with Gasteiger partial charge < -0.3 is 10.2 Å². The van der Waals surface area contributed by atoms with Crippen molar-refractivity contribution in [3.8, 4) is 0 Å². The van der Waals surface area contributed by atoms with Crippen LogP contribution in [0.2, 0.25) is 0 Å². The zero-order chi connectivity index (χ0) is 20.3. The van der Waals surface area contributed by atoms with Gasteiger partial charge in [-0.15, -0.1) is 0 Å². The number of ketones is 1. The van der Waals surface area contributed by atoms with E-state index in [4.69, 9.17) is 0 Å². The zero-order valence-electron chi connectivity index (χ0n) is 17.5. The van der Waals surface area contributed by atoms with Crippen molar-refractivity contribution in [1.29, 1.82) is 0 Å². The molecule has 0 aliphatic heterocycles. The van der Waals surface area contributed by atoms with Crippen molar-refractivity contribution < 1.29 is 15.0 Å². The summed E-state index contributed by atoms with van der Waals surface area (Å²) in [4.78, 5) is 11.9. The highest BCUT2D eigenvalue weighted by molar-refractivity contribution is 5.86. The lowest BCUT2D eigenvalue weighted by molar-refractivity contribution is -0.134. The van der Waals surface area contributed by atoms with Crippen LogP contribution in [-0.2, 0) is 4.79 Å². The van der Waals surface area contributed by atoms with Crippen molar-refractivity contribution in [3.63, 3.8) is 0 Å². The van der Waals surface area contributed by atoms with E-state index in [-0.39, 0.29) is 11.9 Å². The maximum Gasteiger partial charge on any atom is 0.163 e. The Balaban J connectivity index is 1.59. The van der Waals surface area contributed by atoms with Gasteiger partial charge in [0.2, 0.25) is 0 Å². The highest BCUT2D eigenvalue weighted by atomic mass is 16.3. The van der Waals surface area contributed by atoms with E-state index in [1.165, 1.54) is 29.6 Å². The third-order valence-electron chi connectivity index (χ3n) is 6.84. The molecule has 0 heterocycles. The van der Waals surface area contributed by atoms with Gasteiger partial charge in [0, 0.05) is 6.42 Å². The van der Waals surface area contributed by atoms with Crippen LogP contribution in [0.1, 0.15) is 78.1 Å². The first kappa shape index (κ1) is 21.3. The Morgan fingerprint density at radius 3 is 2.71 bits per heavy atom. The summed E-state index contributed by atoms with van der Waals surface area (Å²) in [6.07, 6.45) is 16.4. The van der Waals surface area contributed by atoms with Gasteiger partial charge in [-0.1, -0.05) is 36.0 Å². The molecule has 3 aliphatic rings. The average Bonchev–Trinajstić information content (AvgIpc) is 3.06. The SMILES string of the molecule is C=C1/C(=C\C=C2/CCC[C@@H]3C(CCCC(=O)C(C)(C)O)=CCC23)CCC[C@@H]1O. The van der Waals surface area contributed by atoms with Gasteiger partial charge in [-0.05, 0) is 94.6 Å². The molecule has 2 N–H and O–H groups in total. The molecule has 3 rings (SSSR count). The standard InChI is InChI=1S/C25H36O3/c1-17-18(7-5-11-23(17)26)13-14-19-8-4-10-21-20(15-16-22(19)21)9-6-12-24(27)25(2,3)28/h13-15,21-23,26,28H,1,4-12,16H2,2-3H3/b18-13-,19-14+/t21-,22?,23+/m1/s1. The Morgan fingerprint density at radius 1 is 1.21 bits per heavy atom. The summed E-state index contributed by atoms with van der Waals surface area (Å²) >= 11 is 0. The van der Waals surface area contributed by atoms with Crippen molar-refractivity contribution >= 4 is 5.78 Å². The van der Waals surface area contributed by atoms with E-state index < -0.39 is 5.60 Å². The second-order valence-corrected chi connectivity index (χ2v) is 9.32. The van der Waals surface area contributed by atoms with E-state index in [9.17, 15) is 15.0 Å². The fraction of sp³-hybridized carbons (Fsp3) is 0.640. The van der Waals surface area contributed by atoms with Gasteiger partial charge in [0.05, 0.1) is 6.10 Å². The highest BCUT2D eigenvalue weighted by Crippen LogP contribution is 2.46. The molecule has 0 spiro atoms. The van der Waals surface area contributed by atoms with E-state index in [2.05, 4.69) is 24.8 Å². The fourth-order valence-corrected chi connectivity index (χ4v) is 5.05. The molecule has 1 unspecified atom stereocenters. The van der Waals surface area contributed by atoms with Gasteiger partial charge >= 0.3 is 0 Å². The highest BCUT2D eigenvalue weighted by Gasteiger charge is 2.34. The minimum atomic E-state index is -1.21. The van der Waals surface area contributed by atoms with Crippen molar-refractivity contribution in [1.82, 2.24) is 0 Å². The van der Waals surface area contributed by atoms with E-state index in [1.54, 1.807) is 13.8 Å². The normalized spacial score (nSPS) is 31.2. The largest absolute Gasteiger partial charge is 0.388 e. The number of hydrogen-bond donors (Lipinski definition) is 2. The molecule has 3 atom stereocenters. The fourth-order valence-electron chi connectivity index (χ4n) is 5.05. The molecule has 0 radical (unpaired) electrons. The quantitative estimate of drug-likeness (QED) is 0.619. The molecule has 3 aliphatic carbocycles. The van der Waals surface area contributed by atoms with Crippen molar-refractivity contribution in [2.45, 2.75) is 89.8 Å². The molecule has 0 saturated heterocycles. The molecule has 3 nitrogen and oxygen atoms in total. The molecule has 0 aromatic carbocycles. The summed E-state index contributed by atoms with van der Waals surface area (Å²) in [5.74, 6) is 1.16. The third kappa shape index (κ3) is 4.93. The lowest BCUT2D eigenvalue weighted by atomic mass is 9.74. The van der Waals surface area contributed by atoms with Crippen LogP contribution in [0.15, 0.2) is 47.1 Å². The van der Waals surface area contributed by atoms with E-state index in [1.807, 2.05) is 0 Å². The van der Waals surface area contributed by atoms with Gasteiger partial charge in [0.15, 0.2) is 5.78 Å². The number of aliphatic hydroxyl groups is 2. The monoisotopic (exact) mass is 384 g/mol. The minimum absolute atomic E-state index is 0.0617. The molecule has 2 fully saturated rings. The lowest BCUT2D eigenvalue weighted by Crippen LogP contribution is -2.30. The van der Waals surface area contributed by atoms with Crippen molar-refractivity contribution in [2.75, 3.05) is 0 Å². The Hall–Kier alpha value is -1.45. The van der Waals surface area contributed by atoms with Gasteiger partial charge in [-0.2, -0.15) is 0 Å². The van der Waals surface area contributed by atoms with Crippen LogP contribution < -0.4 is 0 Å². The summed E-state index contributed by atoms with van der Waals surface area (Å²) < 4.78 is 0. The van der Waals surface area contributed by atoms with Crippen molar-refractivity contribution in [2.24, 2.45) is 11.8 Å². The number of aliphatic hydroxyl groups excluding tert-OH is 1. The molecule has 0 aromatic rings. The second-order valence-electron chi connectivity index (χ2n) is 9.32. The molecule has 0 amide bonds. The van der Waals surface area contributed by atoms with Gasteiger partial charge in [0.25, 0.3) is 0 Å². The number of carbonyl (C=O) groups is 1. The molecule has 3 heteroatoms. The number of rotatable bonds is 6. The molecular formula is C25H36O3. The van der Waals surface area contributed by atoms with Gasteiger partial charge in [-0.3, -0.25) is 4.79 Å². The van der Waals surface area contributed by atoms with Crippen LogP contribution in [0, 0.1) is 11.8 Å². The minimum Gasteiger partial charge on any atom is -0.388 e. The maximum absolute atomic E-state index is 11.9. The predicted octanol–water partition coefficient (Wildman–Crippen LogP) is 5.20. The molecule has 0 aromatic heterocycles. The Kier molecular flexibility index (Phi) is 6.77. The Morgan fingerprint density at radius 2 is 1.96 bits per heavy atom. The number of Topliss-reactive ketones (excluding diaryl/α,β-unsaturated/α-hetero) is 1. The summed E-state index contributed by atoms with van der Waals surface area (Å²) in [6.45, 7) is 7.23. The summed E-state index contributed by atoms with van der Waals surface area (Å²) in [6, 6.07) is 0. The van der Waals surface area contributed by atoms with Crippen LogP contribution in [0.3, 0.4) is 0 Å². The molecule has 0 bridgehead atoms. The number of hydrogen-bond acceptors (Lipinski definition) is 3. The number of carbonyl (C=O) groups excluding carboxylic acids is 1. The van der Waals surface area contributed by atoms with Gasteiger partial charge in [0.1, 0.15) is 5.60 Å². The summed E-state index contributed by atoms with van der Waals surface area (Å²) in [7, 11) is 0. The molecule has 2 saturated carbocycles. The molecular weight excluding hydrogens is 348 g/mol. The number of allylic oxidation sites excluding steroid dienone is 5. The van der Waals surface area contributed by atoms with E-state index in [0.717, 1.165) is 50.5 Å². The first-order valence-corrected chi connectivity index (χ1v) is 11.0. The van der Waals surface area contributed by atoms with E-state index >= 15 is 0 Å². The van der Waals surface area contributed by atoms with Crippen LogP contribution in [0.25, 0.3) is 0 Å². The average molecular weight is 385 g/mol. The predicted molar refractivity (Wildman–Crippen MR) is 114 cm³/mol. The summed E-state index contributed by atoms with van der Waals surface area (Å²) in [5, 5.41) is 19.8. The van der Waals surface area contributed by atoms with Crippen molar-refractivity contribution in [3.05, 3.63) is 47.1 Å². The van der Waals surface area contributed by atoms with Crippen LogP contribution in [-0.4, -0.2) is 27.7 Å². The lowest BCUT2D eigenvalue weighted by Gasteiger charge is -2.31. The molecule has 28 heavy (non-hydrogen) atoms.